The first-order valence-electron chi connectivity index (χ1n) is 5.84. The molecule has 2 aromatic rings. The first-order valence-corrected chi connectivity index (χ1v) is 5.84. The Labute approximate surface area is 116 Å². The van der Waals surface area contributed by atoms with Crippen LogP contribution < -0.4 is 9.47 Å². The number of hydrogen-bond acceptors (Lipinski definition) is 5. The van der Waals surface area contributed by atoms with Gasteiger partial charge in [-0.05, 0) is 6.07 Å². The van der Waals surface area contributed by atoms with Gasteiger partial charge in [0.2, 0.25) is 12.5 Å². The van der Waals surface area contributed by atoms with Crippen LogP contribution in [0.4, 0.5) is 8.78 Å². The van der Waals surface area contributed by atoms with Crippen molar-refractivity contribution in [1.29, 1.82) is 0 Å². The average Bonchev–Trinajstić information content (AvgIpc) is 3.04. The van der Waals surface area contributed by atoms with Crippen LogP contribution in [-0.2, 0) is 5.92 Å². The molecule has 0 spiro atoms. The Morgan fingerprint density at radius 3 is 2.90 bits per heavy atom. The molecule has 0 radical (unpaired) electrons. The molecule has 0 saturated heterocycles. The summed E-state index contributed by atoms with van der Waals surface area (Å²) in [4.78, 5) is 15.0. The highest BCUT2D eigenvalue weighted by Crippen LogP contribution is 2.39. The number of halogens is 2. The average molecular weight is 297 g/mol. The highest BCUT2D eigenvalue weighted by molar-refractivity contribution is 5.89. The normalized spacial score (nSPS) is 13.5. The van der Waals surface area contributed by atoms with Crippen molar-refractivity contribution in [3.8, 4) is 17.3 Å². The first-order chi connectivity index (χ1) is 9.89. The van der Waals surface area contributed by atoms with Gasteiger partial charge in [0.1, 0.15) is 16.9 Å². The van der Waals surface area contributed by atoms with Crippen molar-refractivity contribution in [2.24, 2.45) is 0 Å². The molecule has 1 aliphatic rings. The second-order valence-electron chi connectivity index (χ2n) is 4.38. The second kappa shape index (κ2) is 4.40. The number of carboxylic acids is 1. The lowest BCUT2D eigenvalue weighted by atomic mass is 10.1. The van der Waals surface area contributed by atoms with Crippen molar-refractivity contribution < 1.29 is 28.2 Å². The minimum atomic E-state index is -3.40. The Balaban J connectivity index is 2.25. The molecule has 0 unspecified atom stereocenters. The van der Waals surface area contributed by atoms with Gasteiger partial charge in [-0.3, -0.25) is 0 Å². The summed E-state index contributed by atoms with van der Waals surface area (Å²) in [6.07, 6.45) is 2.21. The van der Waals surface area contributed by atoms with E-state index in [9.17, 15) is 13.6 Å². The van der Waals surface area contributed by atoms with Gasteiger partial charge in [-0.1, -0.05) is 0 Å². The molecule has 0 amide bonds. The van der Waals surface area contributed by atoms with Gasteiger partial charge in [0.05, 0.1) is 6.20 Å². The van der Waals surface area contributed by atoms with Gasteiger partial charge >= 0.3 is 5.97 Å². The summed E-state index contributed by atoms with van der Waals surface area (Å²) in [6, 6.07) is 1.39. The standard InChI is InChI=1S/C12H9F2N3O4/c1-12(13,14)9-6(11(18)19)4-16-17(9)7-2-3-15-10-8(7)20-5-21-10/h2-4H,5H2,1H3,(H,18,19). The van der Waals surface area contributed by atoms with E-state index in [2.05, 4.69) is 10.1 Å². The fourth-order valence-electron chi connectivity index (χ4n) is 2.08. The maximum atomic E-state index is 13.8. The number of aromatic nitrogens is 3. The third kappa shape index (κ3) is 2.06. The lowest BCUT2D eigenvalue weighted by Crippen LogP contribution is -2.18. The molecule has 7 nitrogen and oxygen atoms in total. The van der Waals surface area contributed by atoms with Crippen LogP contribution in [0.25, 0.3) is 5.69 Å². The molecule has 110 valence electrons. The summed E-state index contributed by atoms with van der Waals surface area (Å²) < 4.78 is 38.7. The van der Waals surface area contributed by atoms with Crippen molar-refractivity contribution >= 4 is 5.97 Å². The van der Waals surface area contributed by atoms with E-state index in [0.29, 0.717) is 6.92 Å². The molecule has 2 aromatic heterocycles. The van der Waals surface area contributed by atoms with Gasteiger partial charge in [0, 0.05) is 13.1 Å². The van der Waals surface area contributed by atoms with Crippen LogP contribution in [0, 0.1) is 0 Å². The number of nitrogens with zero attached hydrogens (tertiary/aromatic N) is 3. The van der Waals surface area contributed by atoms with E-state index in [1.807, 2.05) is 0 Å². The Bertz CT molecular complexity index is 724. The second-order valence-corrected chi connectivity index (χ2v) is 4.38. The first kappa shape index (κ1) is 13.3. The lowest BCUT2D eigenvalue weighted by Gasteiger charge is -2.15. The quantitative estimate of drug-likeness (QED) is 0.929. The van der Waals surface area contributed by atoms with E-state index in [1.165, 1.54) is 12.3 Å². The summed E-state index contributed by atoms with van der Waals surface area (Å²) >= 11 is 0. The maximum Gasteiger partial charge on any atom is 0.339 e. The summed E-state index contributed by atoms with van der Waals surface area (Å²) in [5, 5.41) is 12.8. The molecular weight excluding hydrogens is 288 g/mol. The summed E-state index contributed by atoms with van der Waals surface area (Å²) in [5.74, 6) is -4.60. The van der Waals surface area contributed by atoms with Crippen molar-refractivity contribution in [1.82, 2.24) is 14.8 Å². The predicted molar refractivity (Wildman–Crippen MR) is 64.0 cm³/mol. The summed E-state index contributed by atoms with van der Waals surface area (Å²) in [5.41, 5.74) is -1.17. The fraction of sp³-hybridized carbons (Fsp3) is 0.250. The van der Waals surface area contributed by atoms with Crippen molar-refractivity contribution in [3.05, 3.63) is 29.7 Å². The molecule has 3 heterocycles. The van der Waals surface area contributed by atoms with Crippen molar-refractivity contribution in [3.63, 3.8) is 0 Å². The van der Waals surface area contributed by atoms with Gasteiger partial charge in [0.25, 0.3) is 11.8 Å². The summed E-state index contributed by atoms with van der Waals surface area (Å²) in [6.45, 7) is 0.510. The topological polar surface area (TPSA) is 86.5 Å². The zero-order valence-corrected chi connectivity index (χ0v) is 10.7. The molecule has 0 aromatic carbocycles. The fourth-order valence-corrected chi connectivity index (χ4v) is 2.08. The van der Waals surface area contributed by atoms with Gasteiger partial charge in [-0.25, -0.2) is 14.5 Å². The van der Waals surface area contributed by atoms with Gasteiger partial charge in [-0.2, -0.15) is 13.9 Å². The minimum absolute atomic E-state index is 0.0930. The number of hydrogen-bond donors (Lipinski definition) is 1. The molecule has 0 bridgehead atoms. The Hall–Kier alpha value is -2.71. The Kier molecular flexibility index (Phi) is 2.78. The molecule has 21 heavy (non-hydrogen) atoms. The highest BCUT2D eigenvalue weighted by atomic mass is 19.3. The number of alkyl halides is 2. The molecule has 0 fully saturated rings. The molecule has 9 heteroatoms. The van der Waals surface area contributed by atoms with Gasteiger partial charge in [0.15, 0.2) is 0 Å². The van der Waals surface area contributed by atoms with Crippen LogP contribution in [0.5, 0.6) is 11.6 Å². The Morgan fingerprint density at radius 2 is 2.24 bits per heavy atom. The zero-order chi connectivity index (χ0) is 15.2. The van der Waals surface area contributed by atoms with Gasteiger partial charge < -0.3 is 14.6 Å². The smallest absolute Gasteiger partial charge is 0.339 e. The van der Waals surface area contributed by atoms with Crippen molar-refractivity contribution in [2.75, 3.05) is 6.79 Å². The number of pyridine rings is 1. The number of rotatable bonds is 3. The molecule has 0 saturated carbocycles. The zero-order valence-electron chi connectivity index (χ0n) is 10.7. The monoisotopic (exact) mass is 297 g/mol. The lowest BCUT2D eigenvalue weighted by molar-refractivity contribution is 0.00830. The van der Waals surface area contributed by atoms with Crippen LogP contribution in [0.15, 0.2) is 18.5 Å². The molecule has 1 aliphatic heterocycles. The van der Waals surface area contributed by atoms with Crippen LogP contribution in [0.2, 0.25) is 0 Å². The van der Waals surface area contributed by atoms with E-state index < -0.39 is 23.1 Å². The van der Waals surface area contributed by atoms with Crippen LogP contribution in [-0.4, -0.2) is 32.6 Å². The van der Waals surface area contributed by atoms with E-state index in [0.717, 1.165) is 10.9 Å². The predicted octanol–water partition coefficient (Wildman–Crippen LogP) is 1.81. The van der Waals surface area contributed by atoms with Crippen LogP contribution in [0.3, 0.4) is 0 Å². The van der Waals surface area contributed by atoms with E-state index in [1.54, 1.807) is 0 Å². The van der Waals surface area contributed by atoms with E-state index in [-0.39, 0.29) is 24.1 Å². The molecule has 3 rings (SSSR count). The number of ether oxygens (including phenoxy) is 2. The largest absolute Gasteiger partial charge is 0.478 e. The number of carbonyl (C=O) groups is 1. The van der Waals surface area contributed by atoms with Crippen LogP contribution in [0.1, 0.15) is 23.0 Å². The maximum absolute atomic E-state index is 13.8. The third-order valence-electron chi connectivity index (χ3n) is 2.89. The van der Waals surface area contributed by atoms with Gasteiger partial charge in [-0.15, -0.1) is 0 Å². The Morgan fingerprint density at radius 1 is 1.48 bits per heavy atom. The van der Waals surface area contributed by atoms with E-state index in [4.69, 9.17) is 14.6 Å². The third-order valence-corrected chi connectivity index (χ3v) is 2.89. The van der Waals surface area contributed by atoms with E-state index >= 15 is 0 Å². The minimum Gasteiger partial charge on any atom is -0.478 e. The SMILES string of the molecule is CC(F)(F)c1c(C(=O)O)cnn1-c1ccnc2c1OCO2. The molecule has 0 aliphatic carbocycles. The van der Waals surface area contributed by atoms with Crippen LogP contribution >= 0.6 is 0 Å². The highest BCUT2D eigenvalue weighted by Gasteiger charge is 2.37. The number of fused-ring (bicyclic) bond motifs is 1. The number of carboxylic acid groups (broad SMARTS) is 1. The molecular formula is C12H9F2N3O4. The van der Waals surface area contributed by atoms with Crippen molar-refractivity contribution in [2.45, 2.75) is 12.8 Å². The number of aromatic carboxylic acids is 1. The summed E-state index contributed by atoms with van der Waals surface area (Å²) in [7, 11) is 0. The molecule has 0 atom stereocenters. The molecule has 1 N–H and O–H groups in total.